The van der Waals surface area contributed by atoms with E-state index in [4.69, 9.17) is 0 Å². The van der Waals surface area contributed by atoms with Gasteiger partial charge in [0.05, 0.1) is 11.6 Å². The van der Waals surface area contributed by atoms with Crippen molar-refractivity contribution < 1.29 is 9.18 Å². The van der Waals surface area contributed by atoms with Crippen LogP contribution in [0.15, 0.2) is 53.6 Å². The summed E-state index contributed by atoms with van der Waals surface area (Å²) >= 11 is 0. The highest BCUT2D eigenvalue weighted by atomic mass is 19.1. The van der Waals surface area contributed by atoms with Crippen LogP contribution in [0.5, 0.6) is 0 Å². The Labute approximate surface area is 155 Å². The van der Waals surface area contributed by atoms with Gasteiger partial charge in [-0.3, -0.25) is 9.59 Å². The zero-order chi connectivity index (χ0) is 19.4. The average Bonchev–Trinajstić information content (AvgIpc) is 2.70. The highest BCUT2D eigenvalue weighted by Gasteiger charge is 2.17. The fourth-order valence-electron chi connectivity index (χ4n) is 2.76. The van der Waals surface area contributed by atoms with Crippen molar-refractivity contribution in [3.63, 3.8) is 0 Å². The monoisotopic (exact) mass is 369 g/mol. The lowest BCUT2D eigenvalue weighted by Gasteiger charge is -2.16. The first kappa shape index (κ1) is 18.7. The van der Waals surface area contributed by atoms with Gasteiger partial charge < -0.3 is 20.5 Å². The van der Waals surface area contributed by atoms with E-state index in [-0.39, 0.29) is 17.5 Å². The molecule has 8 heteroatoms. The zero-order valence-corrected chi connectivity index (χ0v) is 15.0. The number of nitrogens with zero attached hydrogens (tertiary/aromatic N) is 2. The number of benzene rings is 1. The van der Waals surface area contributed by atoms with Gasteiger partial charge in [-0.1, -0.05) is 0 Å². The lowest BCUT2D eigenvalue weighted by atomic mass is 10.1. The molecule has 0 radical (unpaired) electrons. The summed E-state index contributed by atoms with van der Waals surface area (Å²) in [7, 11) is 3.52. The van der Waals surface area contributed by atoms with Gasteiger partial charge in [-0.05, 0) is 50.5 Å². The Kier molecular flexibility index (Phi) is 5.58. The molecule has 27 heavy (non-hydrogen) atoms. The number of nitrogens with one attached hydrogen (secondary N) is 3. The van der Waals surface area contributed by atoms with Gasteiger partial charge in [-0.2, -0.15) is 0 Å². The van der Waals surface area contributed by atoms with Crippen LogP contribution in [0.4, 0.5) is 4.39 Å². The molecule has 2 heterocycles. The van der Waals surface area contributed by atoms with Crippen LogP contribution in [0.1, 0.15) is 10.4 Å². The molecule has 0 aliphatic heterocycles. The Morgan fingerprint density at radius 2 is 1.89 bits per heavy atom. The Morgan fingerprint density at radius 3 is 2.56 bits per heavy atom. The van der Waals surface area contributed by atoms with Crippen molar-refractivity contribution in [1.82, 2.24) is 25.5 Å². The van der Waals surface area contributed by atoms with E-state index in [2.05, 4.69) is 20.9 Å². The minimum atomic E-state index is -0.489. The van der Waals surface area contributed by atoms with Crippen LogP contribution in [-0.4, -0.2) is 42.3 Å². The van der Waals surface area contributed by atoms with Gasteiger partial charge in [0.15, 0.2) is 0 Å². The zero-order valence-electron chi connectivity index (χ0n) is 15.0. The number of fused-ring (bicyclic) bond motifs is 1. The van der Waals surface area contributed by atoms with Crippen LogP contribution in [0.2, 0.25) is 0 Å². The highest BCUT2D eigenvalue weighted by Crippen LogP contribution is 2.16. The molecule has 0 aliphatic carbocycles. The number of halogens is 1. The number of carbonyl (C=O) groups excluding carboxylic acids is 1. The Bertz CT molecular complexity index is 1010. The minimum absolute atomic E-state index is 0.00854. The second-order valence-electron chi connectivity index (χ2n) is 5.93. The van der Waals surface area contributed by atoms with Gasteiger partial charge in [0.2, 0.25) is 5.43 Å². The quantitative estimate of drug-likeness (QED) is 0.565. The SMILES string of the molecule is CNC(CNC(=O)c1cn(-c2ccc(F)cc2)c2ncccc2c1=O)NC. The van der Waals surface area contributed by atoms with Crippen molar-refractivity contribution in [1.29, 1.82) is 0 Å². The first-order chi connectivity index (χ1) is 13.0. The van der Waals surface area contributed by atoms with Gasteiger partial charge in [0, 0.05) is 24.6 Å². The van der Waals surface area contributed by atoms with Crippen LogP contribution in [0.25, 0.3) is 16.7 Å². The van der Waals surface area contributed by atoms with Crippen LogP contribution >= 0.6 is 0 Å². The molecule has 7 nitrogen and oxygen atoms in total. The summed E-state index contributed by atoms with van der Waals surface area (Å²) in [5.74, 6) is -0.864. The third-order valence-electron chi connectivity index (χ3n) is 4.28. The van der Waals surface area contributed by atoms with Crippen molar-refractivity contribution >= 4 is 16.9 Å². The topological polar surface area (TPSA) is 88.0 Å². The number of pyridine rings is 2. The van der Waals surface area contributed by atoms with Crippen LogP contribution < -0.4 is 21.4 Å². The largest absolute Gasteiger partial charge is 0.349 e. The molecule has 0 fully saturated rings. The minimum Gasteiger partial charge on any atom is -0.349 e. The molecule has 1 aromatic carbocycles. The third-order valence-corrected chi connectivity index (χ3v) is 4.28. The lowest BCUT2D eigenvalue weighted by Crippen LogP contribution is -2.47. The number of amides is 1. The summed E-state index contributed by atoms with van der Waals surface area (Å²) in [6, 6.07) is 9.00. The van der Waals surface area contributed by atoms with Gasteiger partial charge in [-0.15, -0.1) is 0 Å². The summed E-state index contributed by atoms with van der Waals surface area (Å²) in [5, 5.41) is 9.03. The summed E-state index contributed by atoms with van der Waals surface area (Å²) in [6.07, 6.45) is 2.87. The standard InChI is InChI=1S/C19H20FN5O2/c1-21-16(22-2)10-24-19(27)15-11-25(13-7-5-12(20)6-8-13)18-14(17(15)26)4-3-9-23-18/h3-9,11,16,21-22H,10H2,1-2H3,(H,24,27). The molecule has 3 N–H and O–H groups in total. The summed E-state index contributed by atoms with van der Waals surface area (Å²) in [4.78, 5) is 29.7. The van der Waals surface area contributed by atoms with Crippen molar-refractivity contribution in [2.45, 2.75) is 6.17 Å². The highest BCUT2D eigenvalue weighted by molar-refractivity contribution is 5.97. The van der Waals surface area contributed by atoms with Gasteiger partial charge in [0.25, 0.3) is 5.91 Å². The number of carbonyl (C=O) groups is 1. The normalized spacial score (nSPS) is 11.1. The molecule has 0 aliphatic rings. The number of hydrogen-bond donors (Lipinski definition) is 3. The van der Waals surface area contributed by atoms with E-state index < -0.39 is 11.3 Å². The number of rotatable bonds is 6. The average molecular weight is 369 g/mol. The predicted molar refractivity (Wildman–Crippen MR) is 102 cm³/mol. The van der Waals surface area contributed by atoms with E-state index in [0.717, 1.165) is 0 Å². The van der Waals surface area contributed by atoms with Crippen LogP contribution in [0, 0.1) is 5.82 Å². The maximum Gasteiger partial charge on any atom is 0.256 e. The predicted octanol–water partition coefficient (Wildman–Crippen LogP) is 1.02. The van der Waals surface area contributed by atoms with Gasteiger partial charge in [0.1, 0.15) is 17.0 Å². The maximum absolute atomic E-state index is 13.3. The molecule has 0 atom stereocenters. The van der Waals surface area contributed by atoms with E-state index in [1.165, 1.54) is 18.3 Å². The number of likely N-dealkylation sites (N-methyl/N-ethyl adjacent to an activating group) is 2. The molecule has 2 aromatic heterocycles. The number of aromatic nitrogens is 2. The number of hydrogen-bond acceptors (Lipinski definition) is 5. The van der Waals surface area contributed by atoms with Crippen molar-refractivity contribution in [3.05, 3.63) is 70.4 Å². The fraction of sp³-hybridized carbons (Fsp3) is 0.211. The molecule has 0 spiro atoms. The summed E-state index contributed by atoms with van der Waals surface area (Å²) in [5.41, 5.74) is 0.580. The molecule has 3 rings (SSSR count). The Balaban J connectivity index is 2.08. The Hall–Kier alpha value is -3.10. The maximum atomic E-state index is 13.3. The summed E-state index contributed by atoms with van der Waals surface area (Å²) in [6.45, 7) is 0.299. The third kappa shape index (κ3) is 3.86. The van der Waals surface area contributed by atoms with Crippen LogP contribution in [-0.2, 0) is 0 Å². The lowest BCUT2D eigenvalue weighted by molar-refractivity contribution is 0.0947. The van der Waals surface area contributed by atoms with Gasteiger partial charge >= 0.3 is 0 Å². The van der Waals surface area contributed by atoms with Crippen molar-refractivity contribution in [2.24, 2.45) is 0 Å². The van der Waals surface area contributed by atoms with Crippen molar-refractivity contribution in [2.75, 3.05) is 20.6 Å². The molecular formula is C19H20FN5O2. The first-order valence-corrected chi connectivity index (χ1v) is 8.44. The van der Waals surface area contributed by atoms with E-state index in [0.29, 0.717) is 23.3 Å². The molecule has 1 amide bonds. The smallest absolute Gasteiger partial charge is 0.256 e. The van der Waals surface area contributed by atoms with Crippen LogP contribution in [0.3, 0.4) is 0 Å². The first-order valence-electron chi connectivity index (χ1n) is 8.44. The van der Waals surface area contributed by atoms with E-state index in [9.17, 15) is 14.0 Å². The molecule has 140 valence electrons. The second-order valence-corrected chi connectivity index (χ2v) is 5.93. The second kappa shape index (κ2) is 8.07. The molecule has 3 aromatic rings. The van der Waals surface area contributed by atoms with Gasteiger partial charge in [-0.25, -0.2) is 9.37 Å². The summed E-state index contributed by atoms with van der Waals surface area (Å²) < 4.78 is 14.9. The van der Waals surface area contributed by atoms with Crippen molar-refractivity contribution in [3.8, 4) is 5.69 Å². The molecule has 0 bridgehead atoms. The van der Waals surface area contributed by atoms with E-state index in [1.807, 2.05) is 0 Å². The van der Waals surface area contributed by atoms with E-state index >= 15 is 0 Å². The Morgan fingerprint density at radius 1 is 1.19 bits per heavy atom. The molecule has 0 saturated carbocycles. The molecular weight excluding hydrogens is 349 g/mol. The molecule has 0 unspecified atom stereocenters. The molecule has 0 saturated heterocycles. The fourth-order valence-corrected chi connectivity index (χ4v) is 2.76. The van der Waals surface area contributed by atoms with E-state index in [1.54, 1.807) is 49.1 Å².